The van der Waals surface area contributed by atoms with Crippen LogP contribution in [0, 0.1) is 11.3 Å². The highest BCUT2D eigenvalue weighted by Crippen LogP contribution is 2.10. The predicted octanol–water partition coefficient (Wildman–Crippen LogP) is 1.88. The van der Waals surface area contributed by atoms with Crippen molar-refractivity contribution in [2.75, 3.05) is 0 Å². The minimum absolute atomic E-state index is 0.310. The van der Waals surface area contributed by atoms with Crippen molar-refractivity contribution in [2.24, 2.45) is 0 Å². The van der Waals surface area contributed by atoms with Crippen LogP contribution >= 0.6 is 15.9 Å². The number of halogens is 1. The number of carbonyl (C=O) groups is 1. The van der Waals surface area contributed by atoms with Gasteiger partial charge in [0.1, 0.15) is 5.54 Å². The van der Waals surface area contributed by atoms with Crippen LogP contribution in [0.15, 0.2) is 22.9 Å². The van der Waals surface area contributed by atoms with Gasteiger partial charge in [-0.25, -0.2) is 0 Å². The average Bonchev–Trinajstić information content (AvgIpc) is 2.17. The summed E-state index contributed by atoms with van der Waals surface area (Å²) in [6.07, 6.45) is 3.04. The number of amides is 1. The summed E-state index contributed by atoms with van der Waals surface area (Å²) in [7, 11) is 0. The first-order valence-electron chi connectivity index (χ1n) is 4.29. The fourth-order valence-corrected chi connectivity index (χ4v) is 1.28. The van der Waals surface area contributed by atoms with Crippen LogP contribution < -0.4 is 5.32 Å². The largest absolute Gasteiger partial charge is 0.334 e. The van der Waals surface area contributed by atoms with Gasteiger partial charge < -0.3 is 5.32 Å². The van der Waals surface area contributed by atoms with Crippen molar-refractivity contribution in [1.29, 1.82) is 5.26 Å². The molecular weight excluding hydrogens is 258 g/mol. The summed E-state index contributed by atoms with van der Waals surface area (Å²) >= 11 is 3.22. The second-order valence-corrected chi connectivity index (χ2v) is 4.50. The fraction of sp³-hybridized carbons (Fsp3) is 0.300. The van der Waals surface area contributed by atoms with E-state index in [-0.39, 0.29) is 5.91 Å². The number of aromatic nitrogens is 1. The quantitative estimate of drug-likeness (QED) is 0.890. The van der Waals surface area contributed by atoms with E-state index >= 15 is 0 Å². The highest BCUT2D eigenvalue weighted by Gasteiger charge is 2.20. The zero-order valence-corrected chi connectivity index (χ0v) is 10.00. The van der Waals surface area contributed by atoms with Gasteiger partial charge in [0, 0.05) is 16.9 Å². The third kappa shape index (κ3) is 3.33. The summed E-state index contributed by atoms with van der Waals surface area (Å²) in [5.74, 6) is -0.310. The van der Waals surface area contributed by atoms with Crippen molar-refractivity contribution in [3.8, 4) is 6.07 Å². The van der Waals surface area contributed by atoms with E-state index in [0.717, 1.165) is 4.47 Å². The molecule has 0 unspecified atom stereocenters. The lowest BCUT2D eigenvalue weighted by Gasteiger charge is -2.17. The van der Waals surface area contributed by atoms with Crippen LogP contribution in [0.25, 0.3) is 0 Å². The van der Waals surface area contributed by atoms with E-state index in [2.05, 4.69) is 26.2 Å². The van der Waals surface area contributed by atoms with Crippen LogP contribution in [0.5, 0.6) is 0 Å². The highest BCUT2D eigenvalue weighted by molar-refractivity contribution is 9.10. The molecule has 0 spiro atoms. The molecule has 0 aromatic carbocycles. The van der Waals surface area contributed by atoms with Gasteiger partial charge in [-0.15, -0.1) is 0 Å². The van der Waals surface area contributed by atoms with Crippen molar-refractivity contribution in [2.45, 2.75) is 19.4 Å². The second kappa shape index (κ2) is 4.41. The van der Waals surface area contributed by atoms with Crippen molar-refractivity contribution in [1.82, 2.24) is 10.3 Å². The van der Waals surface area contributed by atoms with Crippen LogP contribution in [-0.4, -0.2) is 16.4 Å². The van der Waals surface area contributed by atoms with Gasteiger partial charge in [0.2, 0.25) is 0 Å². The Balaban J connectivity index is 2.84. The van der Waals surface area contributed by atoms with E-state index in [1.165, 1.54) is 6.20 Å². The van der Waals surface area contributed by atoms with Gasteiger partial charge in [0.25, 0.3) is 5.91 Å². The van der Waals surface area contributed by atoms with Crippen molar-refractivity contribution < 1.29 is 4.79 Å². The van der Waals surface area contributed by atoms with Gasteiger partial charge >= 0.3 is 0 Å². The molecule has 1 aromatic heterocycles. The third-order valence-corrected chi connectivity index (χ3v) is 2.11. The lowest BCUT2D eigenvalue weighted by Crippen LogP contribution is -2.42. The summed E-state index contributed by atoms with van der Waals surface area (Å²) in [6.45, 7) is 3.27. The highest BCUT2D eigenvalue weighted by atomic mass is 79.9. The fourth-order valence-electron chi connectivity index (χ4n) is 0.920. The van der Waals surface area contributed by atoms with Gasteiger partial charge in [-0.1, -0.05) is 0 Å². The molecular formula is C10H10BrN3O. The van der Waals surface area contributed by atoms with Gasteiger partial charge in [0.15, 0.2) is 0 Å². The van der Waals surface area contributed by atoms with E-state index in [1.807, 2.05) is 6.07 Å². The van der Waals surface area contributed by atoms with E-state index in [0.29, 0.717) is 5.56 Å². The van der Waals surface area contributed by atoms with Crippen LogP contribution in [0.4, 0.5) is 0 Å². The predicted molar refractivity (Wildman–Crippen MR) is 59.1 cm³/mol. The Bertz CT molecular complexity index is 423. The van der Waals surface area contributed by atoms with Gasteiger partial charge in [0.05, 0.1) is 11.6 Å². The summed E-state index contributed by atoms with van der Waals surface area (Å²) in [4.78, 5) is 15.5. The Morgan fingerprint density at radius 2 is 2.27 bits per heavy atom. The number of nitrogens with one attached hydrogen (secondary N) is 1. The minimum atomic E-state index is -0.876. The molecule has 1 amide bonds. The molecule has 1 rings (SSSR count). The SMILES string of the molecule is CC(C)(C#N)NC(=O)c1cncc(Br)c1. The molecule has 0 bridgehead atoms. The lowest BCUT2D eigenvalue weighted by molar-refractivity contribution is 0.0929. The molecule has 1 aromatic rings. The monoisotopic (exact) mass is 267 g/mol. The first-order chi connectivity index (χ1) is 6.94. The molecule has 0 saturated carbocycles. The average molecular weight is 268 g/mol. The Morgan fingerprint density at radius 3 is 2.80 bits per heavy atom. The van der Waals surface area contributed by atoms with Gasteiger partial charge in [-0.2, -0.15) is 5.26 Å². The molecule has 15 heavy (non-hydrogen) atoms. The van der Waals surface area contributed by atoms with Gasteiger partial charge in [-0.05, 0) is 35.8 Å². The standard InChI is InChI=1S/C10H10BrN3O/c1-10(2,6-12)14-9(15)7-3-8(11)5-13-4-7/h3-5H,1-2H3,(H,14,15). The smallest absolute Gasteiger partial charge is 0.254 e. The summed E-state index contributed by atoms with van der Waals surface area (Å²) in [6, 6.07) is 3.64. The Morgan fingerprint density at radius 1 is 1.60 bits per heavy atom. The Labute approximate surface area is 96.4 Å². The summed E-state index contributed by atoms with van der Waals surface area (Å²) in [5.41, 5.74) is -0.452. The van der Waals surface area contributed by atoms with E-state index < -0.39 is 5.54 Å². The number of rotatable bonds is 2. The van der Waals surface area contributed by atoms with E-state index in [1.54, 1.807) is 26.1 Å². The molecule has 0 radical (unpaired) electrons. The Hall–Kier alpha value is -1.41. The molecule has 4 nitrogen and oxygen atoms in total. The van der Waals surface area contributed by atoms with Crippen LogP contribution in [0.2, 0.25) is 0 Å². The Kier molecular flexibility index (Phi) is 3.43. The molecule has 78 valence electrons. The molecule has 1 N–H and O–H groups in total. The maximum absolute atomic E-state index is 11.6. The van der Waals surface area contributed by atoms with Crippen molar-refractivity contribution in [3.63, 3.8) is 0 Å². The second-order valence-electron chi connectivity index (χ2n) is 3.58. The summed E-state index contributed by atoms with van der Waals surface area (Å²) < 4.78 is 0.727. The van der Waals surface area contributed by atoms with Crippen LogP contribution in [0.1, 0.15) is 24.2 Å². The molecule has 0 aliphatic rings. The first-order valence-corrected chi connectivity index (χ1v) is 5.08. The molecule has 0 aliphatic heterocycles. The van der Waals surface area contributed by atoms with E-state index in [4.69, 9.17) is 5.26 Å². The number of nitrogens with zero attached hydrogens (tertiary/aromatic N) is 2. The molecule has 1 heterocycles. The van der Waals surface area contributed by atoms with Crippen molar-refractivity contribution >= 4 is 21.8 Å². The first kappa shape index (κ1) is 11.7. The van der Waals surface area contributed by atoms with Crippen LogP contribution in [0.3, 0.4) is 0 Å². The normalized spacial score (nSPS) is 10.5. The number of pyridine rings is 1. The number of hydrogen-bond donors (Lipinski definition) is 1. The topological polar surface area (TPSA) is 65.8 Å². The minimum Gasteiger partial charge on any atom is -0.334 e. The number of nitriles is 1. The molecule has 0 fully saturated rings. The van der Waals surface area contributed by atoms with Crippen molar-refractivity contribution in [3.05, 3.63) is 28.5 Å². The lowest BCUT2D eigenvalue weighted by atomic mass is 10.1. The molecule has 0 saturated heterocycles. The molecule has 0 aliphatic carbocycles. The number of carbonyl (C=O) groups excluding carboxylic acids is 1. The number of hydrogen-bond acceptors (Lipinski definition) is 3. The van der Waals surface area contributed by atoms with Gasteiger partial charge in [-0.3, -0.25) is 9.78 Å². The molecule has 5 heteroatoms. The zero-order chi connectivity index (χ0) is 11.5. The van der Waals surface area contributed by atoms with Crippen LogP contribution in [-0.2, 0) is 0 Å². The maximum Gasteiger partial charge on any atom is 0.254 e. The van der Waals surface area contributed by atoms with E-state index in [9.17, 15) is 4.79 Å². The zero-order valence-electron chi connectivity index (χ0n) is 8.41. The summed E-state index contributed by atoms with van der Waals surface area (Å²) in [5, 5.41) is 11.3. The third-order valence-electron chi connectivity index (χ3n) is 1.67. The maximum atomic E-state index is 11.6. The molecule has 0 atom stereocenters.